The minimum atomic E-state index is -2.66. The highest BCUT2D eigenvalue weighted by atomic mass is 28.5. The molecule has 0 aliphatic carbocycles. The van der Waals surface area contributed by atoms with Crippen molar-refractivity contribution in [3.8, 4) is 0 Å². The number of hydrogen-bond acceptors (Lipinski definition) is 5. The highest BCUT2D eigenvalue weighted by Gasteiger charge is 2.34. The van der Waals surface area contributed by atoms with E-state index in [2.05, 4.69) is 5.32 Å². The predicted octanol–water partition coefficient (Wildman–Crippen LogP) is -0.300. The average Bonchev–Trinajstić information content (AvgIpc) is 1.99. The van der Waals surface area contributed by atoms with Crippen LogP contribution in [0.1, 0.15) is 6.42 Å². The highest BCUT2D eigenvalue weighted by Crippen LogP contribution is 2.15. The molecule has 7 heteroatoms. The van der Waals surface area contributed by atoms with Crippen LogP contribution in [0, 0.1) is 0 Å². The largest absolute Gasteiger partial charge is 0.415 e. The van der Waals surface area contributed by atoms with E-state index in [0.717, 1.165) is 19.5 Å². The fourth-order valence-electron chi connectivity index (χ4n) is 1.36. The van der Waals surface area contributed by atoms with Crippen LogP contribution >= 0.6 is 0 Å². The minimum absolute atomic E-state index is 0.626. The van der Waals surface area contributed by atoms with E-state index in [9.17, 15) is 9.59 Å². The number of nitrogens with two attached hydrogens (primary N) is 1. The van der Waals surface area contributed by atoms with Crippen molar-refractivity contribution in [3.63, 3.8) is 0 Å². The fraction of sp³-hybridized carbons (Fsp3) is 1.00. The Morgan fingerprint density at radius 1 is 1.20 bits per heavy atom. The van der Waals surface area contributed by atoms with Gasteiger partial charge in [0.25, 0.3) is 0 Å². The van der Waals surface area contributed by atoms with E-state index in [1.807, 2.05) is 0 Å². The number of nitrogens with one attached hydrogen (secondary N) is 1. The second-order valence-electron chi connectivity index (χ2n) is 4.37. The third kappa shape index (κ3) is 10.5. The van der Waals surface area contributed by atoms with Crippen molar-refractivity contribution in [1.82, 2.24) is 5.32 Å². The second-order valence-corrected chi connectivity index (χ2v) is 10.9. The van der Waals surface area contributed by atoms with E-state index in [1.165, 1.54) is 0 Å². The molecule has 0 saturated carbocycles. The average molecular weight is 252 g/mol. The zero-order chi connectivity index (χ0) is 11.9. The second kappa shape index (κ2) is 6.74. The van der Waals surface area contributed by atoms with Crippen LogP contribution in [0.3, 0.4) is 0 Å². The van der Waals surface area contributed by atoms with E-state index in [1.54, 1.807) is 19.6 Å². The molecule has 0 rings (SSSR count). The van der Waals surface area contributed by atoms with E-state index in [0.29, 0.717) is 12.6 Å². The maximum Gasteiger partial charge on any atom is 0.323 e. The molecule has 0 amide bonds. The van der Waals surface area contributed by atoms with Crippen molar-refractivity contribution in [2.24, 2.45) is 5.73 Å². The van der Waals surface area contributed by atoms with Crippen molar-refractivity contribution >= 4 is 17.1 Å². The lowest BCUT2D eigenvalue weighted by molar-refractivity contribution is 0.313. The van der Waals surface area contributed by atoms with Crippen molar-refractivity contribution < 1.29 is 13.7 Å². The molecule has 0 aliphatic rings. The van der Waals surface area contributed by atoms with E-state index < -0.39 is 17.1 Å². The van der Waals surface area contributed by atoms with Crippen LogP contribution in [-0.4, -0.2) is 46.3 Å². The van der Waals surface area contributed by atoms with Crippen LogP contribution in [0.15, 0.2) is 0 Å². The summed E-state index contributed by atoms with van der Waals surface area (Å²) in [7, 11) is -5.26. The predicted molar refractivity (Wildman–Crippen MR) is 66.0 cm³/mol. The van der Waals surface area contributed by atoms with Gasteiger partial charge in [0.05, 0.1) is 0 Å². The smallest absolute Gasteiger partial charge is 0.323 e. The van der Waals surface area contributed by atoms with Crippen LogP contribution < -0.4 is 11.1 Å². The Morgan fingerprint density at radius 3 is 2.27 bits per heavy atom. The SMILES string of the molecule is C[Si](C)(O)O[Si](C)(O)CCCNCCN. The molecular weight excluding hydrogens is 228 g/mol. The van der Waals surface area contributed by atoms with Crippen molar-refractivity contribution in [2.75, 3.05) is 19.6 Å². The lowest BCUT2D eigenvalue weighted by atomic mass is 10.5. The monoisotopic (exact) mass is 252 g/mol. The van der Waals surface area contributed by atoms with Gasteiger partial charge in [-0.05, 0) is 38.7 Å². The summed E-state index contributed by atoms with van der Waals surface area (Å²) in [6, 6.07) is 0.640. The summed E-state index contributed by atoms with van der Waals surface area (Å²) in [6.45, 7) is 7.31. The molecule has 0 saturated heterocycles. The van der Waals surface area contributed by atoms with Crippen molar-refractivity contribution in [1.29, 1.82) is 0 Å². The first-order valence-corrected chi connectivity index (χ1v) is 10.7. The molecule has 0 aromatic heterocycles. The summed E-state index contributed by atoms with van der Waals surface area (Å²) in [4.78, 5) is 19.5. The summed E-state index contributed by atoms with van der Waals surface area (Å²) < 4.78 is 5.37. The molecule has 5 N–H and O–H groups in total. The van der Waals surface area contributed by atoms with E-state index >= 15 is 0 Å². The first-order valence-electron chi connectivity index (χ1n) is 5.32. The third-order valence-corrected chi connectivity index (χ3v) is 6.82. The Labute approximate surface area is 94.1 Å². The Balaban J connectivity index is 3.65. The van der Waals surface area contributed by atoms with Crippen LogP contribution in [0.4, 0.5) is 0 Å². The van der Waals surface area contributed by atoms with Gasteiger partial charge in [0.2, 0.25) is 0 Å². The van der Waals surface area contributed by atoms with Gasteiger partial charge in [-0.25, -0.2) is 0 Å². The molecule has 0 heterocycles. The van der Waals surface area contributed by atoms with Crippen LogP contribution in [0.2, 0.25) is 25.7 Å². The Morgan fingerprint density at radius 2 is 1.80 bits per heavy atom. The van der Waals surface area contributed by atoms with Gasteiger partial charge >= 0.3 is 17.1 Å². The summed E-state index contributed by atoms with van der Waals surface area (Å²) in [5.74, 6) is 0. The Hall–Kier alpha value is 0.234. The molecule has 0 bridgehead atoms. The van der Waals surface area contributed by atoms with Gasteiger partial charge in [0.15, 0.2) is 0 Å². The van der Waals surface area contributed by atoms with Crippen LogP contribution in [0.25, 0.3) is 0 Å². The summed E-state index contributed by atoms with van der Waals surface area (Å²) >= 11 is 0. The van der Waals surface area contributed by atoms with Gasteiger partial charge < -0.3 is 24.8 Å². The Bertz CT molecular complexity index is 174. The lowest BCUT2D eigenvalue weighted by Crippen LogP contribution is -2.47. The zero-order valence-electron chi connectivity index (χ0n) is 9.92. The molecule has 0 aromatic rings. The molecule has 5 nitrogen and oxygen atoms in total. The maximum absolute atomic E-state index is 9.95. The summed E-state index contributed by atoms with van der Waals surface area (Å²) in [6.07, 6.45) is 0.851. The fourth-order valence-corrected chi connectivity index (χ4v) is 6.90. The number of hydrogen-bond donors (Lipinski definition) is 4. The highest BCUT2D eigenvalue weighted by molar-refractivity contribution is 6.78. The minimum Gasteiger partial charge on any atom is -0.415 e. The first-order chi connectivity index (χ1) is 6.77. The van der Waals surface area contributed by atoms with E-state index in [-0.39, 0.29) is 0 Å². The molecule has 0 aliphatic heterocycles. The molecule has 92 valence electrons. The van der Waals surface area contributed by atoms with Crippen LogP contribution in [0.5, 0.6) is 0 Å². The zero-order valence-corrected chi connectivity index (χ0v) is 11.9. The quantitative estimate of drug-likeness (QED) is 0.352. The maximum atomic E-state index is 9.95. The van der Waals surface area contributed by atoms with Gasteiger partial charge in [-0.3, -0.25) is 0 Å². The van der Waals surface area contributed by atoms with Gasteiger partial charge in [0, 0.05) is 13.1 Å². The molecule has 0 fully saturated rings. The molecule has 1 unspecified atom stereocenters. The standard InChI is InChI=1S/C8H24N2O3Si2/c1-14(2,11)13-15(3,12)8-4-6-10-7-5-9/h10-12H,4-9H2,1-3H3. The molecule has 0 radical (unpaired) electrons. The van der Waals surface area contributed by atoms with Gasteiger partial charge in [0.1, 0.15) is 0 Å². The summed E-state index contributed by atoms with van der Waals surface area (Å²) in [5.41, 5.74) is 5.32. The molecule has 15 heavy (non-hydrogen) atoms. The molecule has 1 atom stereocenters. The topological polar surface area (TPSA) is 87.7 Å². The van der Waals surface area contributed by atoms with Gasteiger partial charge in [-0.2, -0.15) is 0 Å². The van der Waals surface area contributed by atoms with Gasteiger partial charge in [-0.1, -0.05) is 0 Å². The van der Waals surface area contributed by atoms with Crippen LogP contribution in [-0.2, 0) is 4.12 Å². The van der Waals surface area contributed by atoms with Crippen molar-refractivity contribution in [2.45, 2.75) is 32.1 Å². The Kier molecular flexibility index (Phi) is 6.84. The summed E-state index contributed by atoms with van der Waals surface area (Å²) in [5, 5.41) is 3.15. The van der Waals surface area contributed by atoms with Crippen molar-refractivity contribution in [3.05, 3.63) is 0 Å². The third-order valence-electron chi connectivity index (χ3n) is 1.78. The molecule has 0 aromatic carbocycles. The normalized spacial score (nSPS) is 16.4. The molecular formula is C8H24N2O3Si2. The van der Waals surface area contributed by atoms with E-state index in [4.69, 9.17) is 9.85 Å². The lowest BCUT2D eigenvalue weighted by Gasteiger charge is -2.27. The first kappa shape index (κ1) is 15.2. The molecule has 0 spiro atoms. The number of rotatable bonds is 8. The van der Waals surface area contributed by atoms with Gasteiger partial charge in [-0.15, -0.1) is 0 Å².